The second kappa shape index (κ2) is 7.99. The van der Waals surface area contributed by atoms with Crippen molar-refractivity contribution in [2.75, 3.05) is 11.9 Å². The zero-order chi connectivity index (χ0) is 21.2. The number of aromatic nitrogens is 4. The fourth-order valence-electron chi connectivity index (χ4n) is 2.40. The van der Waals surface area contributed by atoms with Crippen LogP contribution < -0.4 is 5.32 Å². The van der Waals surface area contributed by atoms with Gasteiger partial charge in [0.1, 0.15) is 4.88 Å². The zero-order valence-corrected chi connectivity index (χ0v) is 16.0. The van der Waals surface area contributed by atoms with Crippen molar-refractivity contribution in [1.29, 1.82) is 0 Å². The lowest BCUT2D eigenvalue weighted by atomic mass is 10.1. The number of amides is 1. The molecular formula is C17H14F3N5O3S. The molecule has 0 unspecified atom stereocenters. The number of ether oxygens (including phenoxy) is 1. The van der Waals surface area contributed by atoms with Crippen molar-refractivity contribution in [3.05, 3.63) is 52.3 Å². The normalized spacial score (nSPS) is 11.3. The van der Waals surface area contributed by atoms with Gasteiger partial charge in [0.05, 0.1) is 29.7 Å². The van der Waals surface area contributed by atoms with E-state index in [1.807, 2.05) is 0 Å². The first-order chi connectivity index (χ1) is 13.7. The standard InChI is InChI=1S/C17H14F3N5O3S/c1-3-28-15(27)13-9(2)21-16(29-13)22-14(26)11-8-25(24-23-11)12-7-5-4-6-10(12)17(18,19)20/h4-8H,3H2,1-2H3,(H,21,22,26). The Labute approximate surface area is 166 Å². The Balaban J connectivity index is 1.81. The molecule has 3 rings (SSSR count). The molecule has 29 heavy (non-hydrogen) atoms. The van der Waals surface area contributed by atoms with Crippen LogP contribution in [0.25, 0.3) is 5.69 Å². The maximum absolute atomic E-state index is 13.2. The van der Waals surface area contributed by atoms with Crippen LogP contribution >= 0.6 is 11.3 Å². The number of para-hydroxylation sites is 1. The van der Waals surface area contributed by atoms with Crippen LogP contribution in [0.4, 0.5) is 18.3 Å². The summed E-state index contributed by atoms with van der Waals surface area (Å²) in [6.07, 6.45) is -3.51. The molecule has 0 spiro atoms. The number of alkyl halides is 3. The van der Waals surface area contributed by atoms with Crippen molar-refractivity contribution in [2.24, 2.45) is 0 Å². The Morgan fingerprint density at radius 2 is 2.00 bits per heavy atom. The maximum Gasteiger partial charge on any atom is 0.418 e. The molecule has 0 saturated carbocycles. The van der Waals surface area contributed by atoms with Gasteiger partial charge in [-0.3, -0.25) is 10.1 Å². The van der Waals surface area contributed by atoms with Gasteiger partial charge in [-0.1, -0.05) is 28.7 Å². The molecule has 3 aromatic rings. The van der Waals surface area contributed by atoms with Crippen LogP contribution in [0.2, 0.25) is 0 Å². The van der Waals surface area contributed by atoms with E-state index < -0.39 is 23.6 Å². The number of esters is 1. The summed E-state index contributed by atoms with van der Waals surface area (Å²) >= 11 is 0.918. The second-order valence-corrected chi connectivity index (χ2v) is 6.67. The van der Waals surface area contributed by atoms with Gasteiger partial charge in [0.25, 0.3) is 5.91 Å². The number of benzene rings is 1. The average Bonchev–Trinajstić information content (AvgIpc) is 3.28. The van der Waals surface area contributed by atoms with Crippen LogP contribution in [0.15, 0.2) is 30.5 Å². The monoisotopic (exact) mass is 425 g/mol. The molecule has 1 aromatic carbocycles. The predicted octanol–water partition coefficient (Wildman–Crippen LogP) is 3.48. The lowest BCUT2D eigenvalue weighted by Gasteiger charge is -2.11. The largest absolute Gasteiger partial charge is 0.462 e. The lowest BCUT2D eigenvalue weighted by Crippen LogP contribution is -2.12. The molecule has 152 valence electrons. The molecule has 0 saturated heterocycles. The molecular weight excluding hydrogens is 411 g/mol. The molecule has 0 fully saturated rings. The molecule has 1 N–H and O–H groups in total. The first kappa shape index (κ1) is 20.5. The van der Waals surface area contributed by atoms with Crippen LogP contribution in [0.3, 0.4) is 0 Å². The van der Waals surface area contributed by atoms with Gasteiger partial charge < -0.3 is 4.74 Å². The van der Waals surface area contributed by atoms with E-state index in [2.05, 4.69) is 20.6 Å². The van der Waals surface area contributed by atoms with Crippen molar-refractivity contribution < 1.29 is 27.5 Å². The Bertz CT molecular complexity index is 1060. The third kappa shape index (κ3) is 4.42. The number of nitrogens with zero attached hydrogens (tertiary/aromatic N) is 4. The highest BCUT2D eigenvalue weighted by molar-refractivity contribution is 7.17. The van der Waals surface area contributed by atoms with E-state index in [0.717, 1.165) is 28.3 Å². The molecule has 0 aliphatic carbocycles. The topological polar surface area (TPSA) is 99.0 Å². The van der Waals surface area contributed by atoms with E-state index in [9.17, 15) is 22.8 Å². The number of hydrogen-bond acceptors (Lipinski definition) is 7. The van der Waals surface area contributed by atoms with E-state index in [-0.39, 0.29) is 28.0 Å². The fourth-order valence-corrected chi connectivity index (χ4v) is 3.25. The van der Waals surface area contributed by atoms with Gasteiger partial charge >= 0.3 is 12.1 Å². The zero-order valence-electron chi connectivity index (χ0n) is 15.1. The van der Waals surface area contributed by atoms with Gasteiger partial charge in [-0.05, 0) is 26.0 Å². The molecule has 1 amide bonds. The highest BCUT2D eigenvalue weighted by atomic mass is 32.1. The number of carbonyl (C=O) groups excluding carboxylic acids is 2. The summed E-state index contributed by atoms with van der Waals surface area (Å²) in [7, 11) is 0. The van der Waals surface area contributed by atoms with Crippen molar-refractivity contribution in [3.63, 3.8) is 0 Å². The minimum absolute atomic E-state index is 0.126. The van der Waals surface area contributed by atoms with Gasteiger partial charge in [-0.2, -0.15) is 13.2 Å². The summed E-state index contributed by atoms with van der Waals surface area (Å²) in [4.78, 5) is 28.5. The number of aryl methyl sites for hydroxylation is 1. The molecule has 0 atom stereocenters. The van der Waals surface area contributed by atoms with Crippen LogP contribution in [0.1, 0.15) is 38.3 Å². The Morgan fingerprint density at radius 1 is 1.28 bits per heavy atom. The minimum atomic E-state index is -4.59. The third-order valence-electron chi connectivity index (χ3n) is 3.66. The van der Waals surface area contributed by atoms with Gasteiger partial charge in [-0.25, -0.2) is 14.5 Å². The molecule has 0 aliphatic rings. The first-order valence-electron chi connectivity index (χ1n) is 8.25. The van der Waals surface area contributed by atoms with Crippen molar-refractivity contribution in [1.82, 2.24) is 20.0 Å². The van der Waals surface area contributed by atoms with E-state index >= 15 is 0 Å². The van der Waals surface area contributed by atoms with Crippen molar-refractivity contribution in [3.8, 4) is 5.69 Å². The Hall–Kier alpha value is -3.28. The van der Waals surface area contributed by atoms with Gasteiger partial charge in [-0.15, -0.1) is 5.10 Å². The highest BCUT2D eigenvalue weighted by Crippen LogP contribution is 2.33. The van der Waals surface area contributed by atoms with Crippen molar-refractivity contribution >= 4 is 28.3 Å². The van der Waals surface area contributed by atoms with E-state index in [1.165, 1.54) is 18.2 Å². The number of hydrogen-bond donors (Lipinski definition) is 1. The average molecular weight is 425 g/mol. The van der Waals surface area contributed by atoms with E-state index in [1.54, 1.807) is 13.8 Å². The minimum Gasteiger partial charge on any atom is -0.462 e. The van der Waals surface area contributed by atoms with E-state index in [0.29, 0.717) is 5.69 Å². The molecule has 0 radical (unpaired) electrons. The number of thiazole rings is 1. The number of nitrogens with one attached hydrogen (secondary N) is 1. The molecule has 8 nitrogen and oxygen atoms in total. The molecule has 2 heterocycles. The summed E-state index contributed by atoms with van der Waals surface area (Å²) in [5, 5.41) is 9.81. The SMILES string of the molecule is CCOC(=O)c1sc(NC(=O)c2cn(-c3ccccc3C(F)(F)F)nn2)nc1C. The van der Waals surface area contributed by atoms with E-state index in [4.69, 9.17) is 4.74 Å². The highest BCUT2D eigenvalue weighted by Gasteiger charge is 2.34. The molecule has 0 bridgehead atoms. The predicted molar refractivity (Wildman–Crippen MR) is 97.1 cm³/mol. The molecule has 2 aromatic heterocycles. The Morgan fingerprint density at radius 3 is 2.69 bits per heavy atom. The van der Waals surface area contributed by atoms with Crippen molar-refractivity contribution in [2.45, 2.75) is 20.0 Å². The molecule has 0 aliphatic heterocycles. The van der Waals surface area contributed by atoms with Crippen LogP contribution in [-0.2, 0) is 10.9 Å². The summed E-state index contributed by atoms with van der Waals surface area (Å²) in [5.74, 6) is -1.29. The third-order valence-corrected chi connectivity index (χ3v) is 4.71. The lowest BCUT2D eigenvalue weighted by molar-refractivity contribution is -0.137. The van der Waals surface area contributed by atoms with Crippen LogP contribution in [0, 0.1) is 6.92 Å². The van der Waals surface area contributed by atoms with Gasteiger partial charge in [0, 0.05) is 0 Å². The number of halogens is 3. The van der Waals surface area contributed by atoms with Crippen LogP contribution in [-0.4, -0.2) is 38.5 Å². The summed E-state index contributed by atoms with van der Waals surface area (Å²) < 4.78 is 45.3. The van der Waals surface area contributed by atoms with Gasteiger partial charge in [0.2, 0.25) is 0 Å². The smallest absolute Gasteiger partial charge is 0.418 e. The number of rotatable bonds is 5. The first-order valence-corrected chi connectivity index (χ1v) is 9.07. The maximum atomic E-state index is 13.2. The summed E-state index contributed by atoms with van der Waals surface area (Å²) in [5.41, 5.74) is -1.01. The number of anilines is 1. The van der Waals surface area contributed by atoms with Crippen LogP contribution in [0.5, 0.6) is 0 Å². The summed E-state index contributed by atoms with van der Waals surface area (Å²) in [6, 6.07) is 4.80. The van der Waals surface area contributed by atoms with Gasteiger partial charge in [0.15, 0.2) is 10.8 Å². The quantitative estimate of drug-likeness (QED) is 0.629. The second-order valence-electron chi connectivity index (χ2n) is 5.67. The molecule has 12 heteroatoms. The fraction of sp³-hybridized carbons (Fsp3) is 0.235. The Kier molecular flexibility index (Phi) is 5.64. The summed E-state index contributed by atoms with van der Waals surface area (Å²) in [6.45, 7) is 3.44. The number of carbonyl (C=O) groups is 2.